The number of hydrogen-bond acceptors (Lipinski definition) is 3. The lowest BCUT2D eigenvalue weighted by atomic mass is 9.97. The normalized spacial score (nSPS) is 22.6. The van der Waals surface area contributed by atoms with Gasteiger partial charge in [0.2, 0.25) is 0 Å². The first kappa shape index (κ1) is 32.4. The molecule has 9 nitrogen and oxygen atoms in total. The Hall–Kier alpha value is 1.34. The quantitative estimate of drug-likeness (QED) is 0.231. The number of rotatable bonds is 12. The van der Waals surface area contributed by atoms with E-state index < -0.39 is 15.3 Å². The first-order valence-corrected chi connectivity index (χ1v) is 16.6. The van der Waals surface area contributed by atoms with Crippen molar-refractivity contribution in [2.24, 2.45) is 5.73 Å². The van der Waals surface area contributed by atoms with Crippen LogP contribution in [0.4, 0.5) is 0 Å². The van der Waals surface area contributed by atoms with E-state index in [1.54, 1.807) is 0 Å². The Bertz CT molecular complexity index is 573. The van der Waals surface area contributed by atoms with Gasteiger partial charge in [-0.05, 0) is 12.8 Å². The van der Waals surface area contributed by atoms with Crippen molar-refractivity contribution in [1.82, 2.24) is 18.7 Å². The molecule has 2 unspecified atom stereocenters. The van der Waals surface area contributed by atoms with Gasteiger partial charge < -0.3 is 15.5 Å². The molecule has 0 radical (unpaired) electrons. The molecule has 198 valence electrons. The van der Waals surface area contributed by atoms with Crippen LogP contribution >= 0.6 is 61.7 Å². The smallest absolute Gasteiger partial charge is 0.328 e. The predicted octanol–water partition coefficient (Wildman–Crippen LogP) is 3.64. The van der Waals surface area contributed by atoms with Crippen LogP contribution in [0.3, 0.4) is 0 Å². The number of alkyl halides is 4. The van der Waals surface area contributed by atoms with Crippen molar-refractivity contribution in [3.63, 3.8) is 0 Å². The lowest BCUT2D eigenvalue weighted by Gasteiger charge is -2.42. The maximum Gasteiger partial charge on any atom is 0.343 e. The Kier molecular flexibility index (Phi) is 16.6. The summed E-state index contributed by atoms with van der Waals surface area (Å²) in [5.41, 5.74) is 5.63. The molecule has 0 aromatic carbocycles. The number of halogens is 4. The van der Waals surface area contributed by atoms with Crippen molar-refractivity contribution < 1.29 is 18.9 Å². The van der Waals surface area contributed by atoms with Crippen LogP contribution in [-0.2, 0) is 9.13 Å². The number of nitrogens with zero attached hydrogens (tertiary/aromatic N) is 4. The minimum absolute atomic E-state index is 0.176. The Morgan fingerprint density at radius 1 is 0.697 bits per heavy atom. The molecule has 0 aromatic heterocycles. The predicted molar refractivity (Wildman–Crippen MR) is 140 cm³/mol. The van der Waals surface area contributed by atoms with Gasteiger partial charge in [-0.15, -0.1) is 46.4 Å². The van der Waals surface area contributed by atoms with Gasteiger partial charge in [0.15, 0.2) is 0 Å². The summed E-state index contributed by atoms with van der Waals surface area (Å²) in [6.07, 6.45) is 6.66. The lowest BCUT2D eigenvalue weighted by molar-refractivity contribution is 0.193. The van der Waals surface area contributed by atoms with E-state index in [2.05, 4.69) is 0 Å². The van der Waals surface area contributed by atoms with Gasteiger partial charge in [0.1, 0.15) is 0 Å². The van der Waals surface area contributed by atoms with E-state index in [4.69, 9.17) is 52.1 Å². The van der Waals surface area contributed by atoms with Crippen LogP contribution in [0.2, 0.25) is 0 Å². The lowest BCUT2D eigenvalue weighted by Crippen LogP contribution is -2.48. The van der Waals surface area contributed by atoms with E-state index >= 15 is 0 Å². The van der Waals surface area contributed by atoms with Gasteiger partial charge in [0, 0.05) is 81.9 Å². The molecule has 4 N–H and O–H groups in total. The Balaban J connectivity index is 0.000000657. The fraction of sp³-hybridized carbons (Fsp3) is 1.00. The molecule has 0 spiro atoms. The summed E-state index contributed by atoms with van der Waals surface area (Å²) >= 11 is 22.9. The summed E-state index contributed by atoms with van der Waals surface area (Å²) in [6, 6.07) is 0.536. The summed E-state index contributed by atoms with van der Waals surface area (Å²) in [7, 11) is -7.59. The highest BCUT2D eigenvalue weighted by molar-refractivity contribution is 7.53. The molecule has 2 aliphatic rings. The SMILES string of the molecule is NC1CCCCC1.O=P(O)(N(CCCl)CCCl)N1CCN(P(=O)(O)N(CCCl)CCCl)CC1. The molecule has 2 rings (SSSR count). The van der Waals surface area contributed by atoms with Gasteiger partial charge in [-0.1, -0.05) is 19.3 Å². The van der Waals surface area contributed by atoms with E-state index in [9.17, 15) is 18.9 Å². The van der Waals surface area contributed by atoms with Crippen LogP contribution in [0, 0.1) is 0 Å². The molecule has 15 heteroatoms. The highest BCUT2D eigenvalue weighted by atomic mass is 35.5. The second-order valence-electron chi connectivity index (χ2n) is 8.00. The van der Waals surface area contributed by atoms with Gasteiger partial charge in [-0.25, -0.2) is 18.7 Å². The van der Waals surface area contributed by atoms with Gasteiger partial charge in [-0.2, -0.15) is 0 Å². The molecule has 1 aliphatic heterocycles. The van der Waals surface area contributed by atoms with Crippen LogP contribution in [0.1, 0.15) is 32.1 Å². The molecule has 2 atom stereocenters. The summed E-state index contributed by atoms with van der Waals surface area (Å²) in [5.74, 6) is 0.830. The van der Waals surface area contributed by atoms with Crippen molar-refractivity contribution in [2.75, 3.05) is 75.9 Å². The van der Waals surface area contributed by atoms with E-state index in [1.807, 2.05) is 0 Å². The summed E-state index contributed by atoms with van der Waals surface area (Å²) in [5, 5.41) is 0. The first-order chi connectivity index (χ1) is 15.6. The molecular formula is C18H39Cl4N5O4P2. The standard InChI is InChI=1S/C12H26Cl4N4O4P2.C6H13N/c13-1-5-17(6-2-14)25(21,22)19-9-11-20(12-10-19)26(23,24)18(7-3-15)8-4-16;7-6-4-2-1-3-5-6/h1-12H2,(H,21,22)(H,23,24);6H,1-5,7H2. The fourth-order valence-corrected chi connectivity index (χ4v) is 8.68. The van der Waals surface area contributed by atoms with Crippen molar-refractivity contribution in [3.05, 3.63) is 0 Å². The Morgan fingerprint density at radius 3 is 1.21 bits per heavy atom. The van der Waals surface area contributed by atoms with Crippen LogP contribution in [0.15, 0.2) is 0 Å². The third-order valence-corrected chi connectivity index (χ3v) is 11.0. The molecule has 1 aliphatic carbocycles. The van der Waals surface area contributed by atoms with E-state index in [-0.39, 0.29) is 75.9 Å². The zero-order valence-corrected chi connectivity index (χ0v) is 23.9. The summed E-state index contributed by atoms with van der Waals surface area (Å²) < 4.78 is 31.3. The summed E-state index contributed by atoms with van der Waals surface area (Å²) in [4.78, 5) is 21.0. The minimum Gasteiger partial charge on any atom is -0.328 e. The van der Waals surface area contributed by atoms with Crippen molar-refractivity contribution in [1.29, 1.82) is 0 Å². The average Bonchev–Trinajstić information content (AvgIpc) is 2.80. The summed E-state index contributed by atoms with van der Waals surface area (Å²) in [6.45, 7) is 1.65. The molecule has 1 heterocycles. The number of piperazine rings is 1. The second kappa shape index (κ2) is 17.0. The molecule has 33 heavy (non-hydrogen) atoms. The molecular weight excluding hydrogens is 554 g/mol. The van der Waals surface area contributed by atoms with Crippen LogP contribution < -0.4 is 5.73 Å². The highest BCUT2D eigenvalue weighted by Crippen LogP contribution is 2.53. The van der Waals surface area contributed by atoms with E-state index in [0.717, 1.165) is 0 Å². The van der Waals surface area contributed by atoms with E-state index in [1.165, 1.54) is 50.8 Å². The number of nitrogens with two attached hydrogens (primary N) is 1. The van der Waals surface area contributed by atoms with Crippen LogP contribution in [0.25, 0.3) is 0 Å². The Morgan fingerprint density at radius 2 is 1.00 bits per heavy atom. The number of hydrogen-bond donors (Lipinski definition) is 3. The zero-order chi connectivity index (χ0) is 24.9. The maximum absolute atomic E-state index is 12.8. The van der Waals surface area contributed by atoms with Gasteiger partial charge in [0.25, 0.3) is 0 Å². The highest BCUT2D eigenvalue weighted by Gasteiger charge is 2.42. The Labute approximate surface area is 218 Å². The maximum atomic E-state index is 12.8. The first-order valence-electron chi connectivity index (χ1n) is 11.3. The van der Waals surface area contributed by atoms with Gasteiger partial charge in [-0.3, -0.25) is 9.13 Å². The largest absolute Gasteiger partial charge is 0.343 e. The second-order valence-corrected chi connectivity index (χ2v) is 13.8. The molecule has 2 fully saturated rings. The molecule has 0 bridgehead atoms. The molecule has 0 aromatic rings. The fourth-order valence-electron chi connectivity index (χ4n) is 3.83. The van der Waals surface area contributed by atoms with Gasteiger partial charge >= 0.3 is 15.3 Å². The molecule has 1 saturated heterocycles. The average molecular weight is 593 g/mol. The zero-order valence-electron chi connectivity index (χ0n) is 19.1. The van der Waals surface area contributed by atoms with Crippen LogP contribution in [-0.4, -0.2) is 110 Å². The van der Waals surface area contributed by atoms with E-state index in [0.29, 0.717) is 6.04 Å². The van der Waals surface area contributed by atoms with Crippen LogP contribution in [0.5, 0.6) is 0 Å². The van der Waals surface area contributed by atoms with Crippen molar-refractivity contribution in [2.45, 2.75) is 38.1 Å². The van der Waals surface area contributed by atoms with Crippen molar-refractivity contribution in [3.8, 4) is 0 Å². The molecule has 0 amide bonds. The topological polar surface area (TPSA) is 114 Å². The van der Waals surface area contributed by atoms with Crippen molar-refractivity contribution >= 4 is 61.7 Å². The minimum atomic E-state index is -3.80. The van der Waals surface area contributed by atoms with Gasteiger partial charge in [0.05, 0.1) is 0 Å². The molecule has 1 saturated carbocycles. The third-order valence-electron chi connectivity index (χ3n) is 5.73. The third kappa shape index (κ3) is 10.7. The monoisotopic (exact) mass is 591 g/mol.